The van der Waals surface area contributed by atoms with Crippen molar-refractivity contribution in [1.29, 1.82) is 0 Å². The summed E-state index contributed by atoms with van der Waals surface area (Å²) in [5.74, 6) is 0.305. The average Bonchev–Trinajstić information content (AvgIpc) is 3.12. The molecular formula is C19H16ClFN2O3S. The van der Waals surface area contributed by atoms with Gasteiger partial charge in [-0.15, -0.1) is 11.3 Å². The molecule has 0 saturated carbocycles. The summed E-state index contributed by atoms with van der Waals surface area (Å²) in [7, 11) is 3.13. The van der Waals surface area contributed by atoms with Crippen molar-refractivity contribution in [2.45, 2.75) is 6.42 Å². The molecule has 2 aromatic carbocycles. The van der Waals surface area contributed by atoms with Crippen molar-refractivity contribution in [3.63, 3.8) is 0 Å². The number of carbonyl (C=O) groups excluding carboxylic acids is 1. The number of carbonyl (C=O) groups is 1. The molecule has 0 aliphatic rings. The molecule has 0 atom stereocenters. The van der Waals surface area contributed by atoms with Gasteiger partial charge in [0.15, 0.2) is 11.5 Å². The quantitative estimate of drug-likeness (QED) is 0.638. The number of hydrogen-bond donors (Lipinski definition) is 1. The molecule has 0 bridgehead atoms. The Morgan fingerprint density at radius 3 is 2.70 bits per heavy atom. The molecule has 0 spiro atoms. The number of ether oxygens (including phenoxy) is 2. The van der Waals surface area contributed by atoms with Crippen LogP contribution in [0.2, 0.25) is 5.02 Å². The van der Waals surface area contributed by atoms with Gasteiger partial charge in [0, 0.05) is 16.0 Å². The van der Waals surface area contributed by atoms with E-state index < -0.39 is 5.82 Å². The zero-order chi connectivity index (χ0) is 19.4. The van der Waals surface area contributed by atoms with Crippen LogP contribution in [0, 0.1) is 5.82 Å². The van der Waals surface area contributed by atoms with E-state index in [9.17, 15) is 9.18 Å². The van der Waals surface area contributed by atoms with Crippen LogP contribution in [0.1, 0.15) is 5.69 Å². The number of amides is 1. The van der Waals surface area contributed by atoms with Gasteiger partial charge in [0.1, 0.15) is 10.8 Å². The van der Waals surface area contributed by atoms with Crippen molar-refractivity contribution in [1.82, 2.24) is 4.98 Å². The van der Waals surface area contributed by atoms with Crippen LogP contribution in [0.15, 0.2) is 41.8 Å². The third-order valence-electron chi connectivity index (χ3n) is 3.73. The van der Waals surface area contributed by atoms with Crippen LogP contribution in [0.5, 0.6) is 11.5 Å². The fourth-order valence-corrected chi connectivity index (χ4v) is 3.43. The van der Waals surface area contributed by atoms with Gasteiger partial charge in [-0.1, -0.05) is 11.6 Å². The van der Waals surface area contributed by atoms with Gasteiger partial charge in [-0.25, -0.2) is 9.37 Å². The minimum atomic E-state index is -0.544. The van der Waals surface area contributed by atoms with Crippen molar-refractivity contribution in [2.24, 2.45) is 0 Å². The van der Waals surface area contributed by atoms with Crippen molar-refractivity contribution < 1.29 is 18.7 Å². The van der Waals surface area contributed by atoms with E-state index in [1.54, 1.807) is 25.7 Å². The number of aromatic nitrogens is 1. The average molecular weight is 407 g/mol. The van der Waals surface area contributed by atoms with E-state index in [4.69, 9.17) is 21.1 Å². The molecule has 3 rings (SSSR count). The molecule has 5 nitrogen and oxygen atoms in total. The second kappa shape index (κ2) is 8.37. The second-order valence-corrected chi connectivity index (χ2v) is 6.86. The Morgan fingerprint density at radius 1 is 1.19 bits per heavy atom. The summed E-state index contributed by atoms with van der Waals surface area (Å²) >= 11 is 7.24. The lowest BCUT2D eigenvalue weighted by Gasteiger charge is -2.08. The van der Waals surface area contributed by atoms with Crippen LogP contribution < -0.4 is 14.8 Å². The molecule has 27 heavy (non-hydrogen) atoms. The SMILES string of the molecule is COc1ccc(-c2nc(CC(=O)Nc3cc(Cl)ccc3F)cs2)cc1OC. The van der Waals surface area contributed by atoms with Crippen LogP contribution in [-0.4, -0.2) is 25.1 Å². The maximum atomic E-state index is 13.7. The summed E-state index contributed by atoms with van der Waals surface area (Å²) in [4.78, 5) is 16.7. The minimum absolute atomic E-state index is 0.0236. The van der Waals surface area contributed by atoms with Crippen LogP contribution in [0.4, 0.5) is 10.1 Å². The smallest absolute Gasteiger partial charge is 0.230 e. The summed E-state index contributed by atoms with van der Waals surface area (Å²) in [6, 6.07) is 9.47. The molecule has 3 aromatic rings. The molecule has 1 heterocycles. The largest absolute Gasteiger partial charge is 0.493 e. The number of nitrogens with zero attached hydrogens (tertiary/aromatic N) is 1. The Hall–Kier alpha value is -2.64. The topological polar surface area (TPSA) is 60.5 Å². The number of methoxy groups -OCH3 is 2. The summed E-state index contributed by atoms with van der Waals surface area (Å²) < 4.78 is 24.2. The normalized spacial score (nSPS) is 10.5. The van der Waals surface area contributed by atoms with Gasteiger partial charge in [-0.3, -0.25) is 4.79 Å². The molecule has 1 amide bonds. The van der Waals surface area contributed by atoms with E-state index in [2.05, 4.69) is 10.3 Å². The highest BCUT2D eigenvalue weighted by atomic mass is 35.5. The number of hydrogen-bond acceptors (Lipinski definition) is 5. The van der Waals surface area contributed by atoms with Gasteiger partial charge in [0.05, 0.1) is 32.0 Å². The van der Waals surface area contributed by atoms with Crippen LogP contribution in [-0.2, 0) is 11.2 Å². The highest BCUT2D eigenvalue weighted by Gasteiger charge is 2.13. The Bertz CT molecular complexity index is 977. The summed E-state index contributed by atoms with van der Waals surface area (Å²) in [6.07, 6.45) is 0.0236. The molecule has 0 saturated heterocycles. The van der Waals surface area contributed by atoms with E-state index in [1.807, 2.05) is 12.1 Å². The molecule has 1 N–H and O–H groups in total. The van der Waals surface area contributed by atoms with E-state index in [0.29, 0.717) is 22.2 Å². The predicted octanol–water partition coefficient (Wildman–Crippen LogP) is 4.80. The van der Waals surface area contributed by atoms with Gasteiger partial charge < -0.3 is 14.8 Å². The zero-order valence-electron chi connectivity index (χ0n) is 14.6. The van der Waals surface area contributed by atoms with Gasteiger partial charge >= 0.3 is 0 Å². The summed E-state index contributed by atoms with van der Waals surface area (Å²) in [6.45, 7) is 0. The Kier molecular flexibility index (Phi) is 5.93. The number of anilines is 1. The third-order valence-corrected chi connectivity index (χ3v) is 4.90. The van der Waals surface area contributed by atoms with Crippen LogP contribution in [0.25, 0.3) is 10.6 Å². The molecule has 0 fully saturated rings. The van der Waals surface area contributed by atoms with Crippen molar-refractivity contribution in [2.75, 3.05) is 19.5 Å². The molecule has 8 heteroatoms. The zero-order valence-corrected chi connectivity index (χ0v) is 16.2. The first-order valence-corrected chi connectivity index (χ1v) is 9.17. The van der Waals surface area contributed by atoms with Crippen LogP contribution >= 0.6 is 22.9 Å². The van der Waals surface area contributed by atoms with Gasteiger partial charge in [0.25, 0.3) is 0 Å². The number of nitrogens with one attached hydrogen (secondary N) is 1. The van der Waals surface area contributed by atoms with E-state index >= 15 is 0 Å². The maximum absolute atomic E-state index is 13.7. The monoisotopic (exact) mass is 406 g/mol. The standard InChI is InChI=1S/C19H16ClFN2O3S/c1-25-16-6-3-11(7-17(16)26-2)19-22-13(10-27-19)9-18(24)23-15-8-12(20)4-5-14(15)21/h3-8,10H,9H2,1-2H3,(H,23,24). The first-order valence-electron chi connectivity index (χ1n) is 7.92. The number of halogens is 2. The molecule has 1 aromatic heterocycles. The summed E-state index contributed by atoms with van der Waals surface area (Å²) in [5.41, 5.74) is 1.48. The first kappa shape index (κ1) is 19.1. The third kappa shape index (κ3) is 4.56. The predicted molar refractivity (Wildman–Crippen MR) is 104 cm³/mol. The first-order chi connectivity index (χ1) is 13.0. The maximum Gasteiger partial charge on any atom is 0.230 e. The molecule has 0 aliphatic heterocycles. The van der Waals surface area contributed by atoms with Gasteiger partial charge in [0.2, 0.25) is 5.91 Å². The molecule has 0 unspecified atom stereocenters. The van der Waals surface area contributed by atoms with Crippen molar-refractivity contribution in [3.8, 4) is 22.1 Å². The van der Waals surface area contributed by atoms with Crippen molar-refractivity contribution in [3.05, 3.63) is 58.3 Å². The highest BCUT2D eigenvalue weighted by Crippen LogP contribution is 2.33. The molecule has 0 radical (unpaired) electrons. The summed E-state index contributed by atoms with van der Waals surface area (Å²) in [5, 5.41) is 5.39. The van der Waals surface area contributed by atoms with E-state index in [1.165, 1.54) is 29.5 Å². The Labute approximate surface area is 164 Å². The highest BCUT2D eigenvalue weighted by molar-refractivity contribution is 7.13. The lowest BCUT2D eigenvalue weighted by Crippen LogP contribution is -2.15. The van der Waals surface area contributed by atoms with E-state index in [-0.39, 0.29) is 18.0 Å². The minimum Gasteiger partial charge on any atom is -0.493 e. The van der Waals surface area contributed by atoms with Crippen LogP contribution in [0.3, 0.4) is 0 Å². The fraction of sp³-hybridized carbons (Fsp3) is 0.158. The molecule has 0 aliphatic carbocycles. The molecular weight excluding hydrogens is 391 g/mol. The number of thiazole rings is 1. The lowest BCUT2D eigenvalue weighted by atomic mass is 10.2. The molecule has 140 valence electrons. The van der Waals surface area contributed by atoms with E-state index in [0.717, 1.165) is 10.6 Å². The van der Waals surface area contributed by atoms with Gasteiger partial charge in [-0.05, 0) is 36.4 Å². The Morgan fingerprint density at radius 2 is 1.96 bits per heavy atom. The lowest BCUT2D eigenvalue weighted by molar-refractivity contribution is -0.115. The number of rotatable bonds is 6. The second-order valence-electron chi connectivity index (χ2n) is 5.56. The fourth-order valence-electron chi connectivity index (χ4n) is 2.44. The van der Waals surface area contributed by atoms with Crippen molar-refractivity contribution >= 4 is 34.5 Å². The Balaban J connectivity index is 1.72. The number of benzene rings is 2. The van der Waals surface area contributed by atoms with Gasteiger partial charge in [-0.2, -0.15) is 0 Å².